The van der Waals surface area contributed by atoms with E-state index in [0.717, 1.165) is 18.6 Å². The van der Waals surface area contributed by atoms with Gasteiger partial charge in [0.15, 0.2) is 0 Å². The molecule has 1 amide bonds. The molecule has 0 unspecified atom stereocenters. The third-order valence-electron chi connectivity index (χ3n) is 2.28. The Morgan fingerprint density at radius 3 is 2.84 bits per heavy atom. The van der Waals surface area contributed by atoms with Crippen LogP contribution in [0.5, 0.6) is 0 Å². The monoisotopic (exact) mass is 263 g/mol. The number of carbonyl (C=O) groups excluding carboxylic acids is 1. The highest BCUT2D eigenvalue weighted by Gasteiger charge is 2.20. The van der Waals surface area contributed by atoms with E-state index in [1.807, 2.05) is 32.9 Å². The van der Waals surface area contributed by atoms with Crippen molar-refractivity contribution in [3.8, 4) is 0 Å². The van der Waals surface area contributed by atoms with Crippen LogP contribution < -0.4 is 0 Å². The first-order valence-electron chi connectivity index (χ1n) is 6.30. The first-order valence-corrected chi connectivity index (χ1v) is 6.30. The minimum absolute atomic E-state index is 0.386. The third-order valence-corrected chi connectivity index (χ3v) is 2.28. The molecule has 1 rings (SSSR count). The molecular weight excluding hydrogens is 242 g/mol. The summed E-state index contributed by atoms with van der Waals surface area (Å²) in [6.45, 7) is 9.54. The van der Waals surface area contributed by atoms with Gasteiger partial charge in [-0.3, -0.25) is 4.90 Å². The SMILES string of the molecule is C=C=CN(CCCc1ccco1)C(=O)OC(C)(C)C. The molecule has 0 aliphatic rings. The van der Waals surface area contributed by atoms with Gasteiger partial charge in [0, 0.05) is 13.0 Å². The lowest BCUT2D eigenvalue weighted by atomic mass is 10.2. The van der Waals surface area contributed by atoms with Gasteiger partial charge in [0.25, 0.3) is 0 Å². The summed E-state index contributed by atoms with van der Waals surface area (Å²) in [5.74, 6) is 0.909. The van der Waals surface area contributed by atoms with Gasteiger partial charge in [-0.25, -0.2) is 4.79 Å². The Kier molecular flexibility index (Phi) is 5.46. The Labute approximate surface area is 114 Å². The van der Waals surface area contributed by atoms with Gasteiger partial charge >= 0.3 is 6.09 Å². The van der Waals surface area contributed by atoms with Gasteiger partial charge in [-0.15, -0.1) is 5.73 Å². The van der Waals surface area contributed by atoms with Crippen LogP contribution in [0.15, 0.2) is 41.3 Å². The first kappa shape index (κ1) is 15.1. The molecule has 1 heterocycles. The van der Waals surface area contributed by atoms with Crippen molar-refractivity contribution in [3.63, 3.8) is 0 Å². The van der Waals surface area contributed by atoms with Crippen LogP contribution in [0.2, 0.25) is 0 Å². The van der Waals surface area contributed by atoms with Gasteiger partial charge in [-0.05, 0) is 39.3 Å². The highest BCUT2D eigenvalue weighted by molar-refractivity contribution is 5.69. The molecule has 0 saturated carbocycles. The van der Waals surface area contributed by atoms with Crippen LogP contribution in [0.4, 0.5) is 4.79 Å². The Bertz CT molecular complexity index is 436. The number of rotatable bonds is 5. The lowest BCUT2D eigenvalue weighted by Gasteiger charge is -2.24. The van der Waals surface area contributed by atoms with Crippen LogP contribution >= 0.6 is 0 Å². The molecule has 0 spiro atoms. The molecule has 19 heavy (non-hydrogen) atoms. The fourth-order valence-corrected chi connectivity index (χ4v) is 1.52. The number of carbonyl (C=O) groups is 1. The molecule has 0 bridgehead atoms. The maximum absolute atomic E-state index is 11.9. The van der Waals surface area contributed by atoms with E-state index in [1.54, 1.807) is 6.26 Å². The van der Waals surface area contributed by atoms with E-state index < -0.39 is 5.60 Å². The van der Waals surface area contributed by atoms with E-state index in [2.05, 4.69) is 12.3 Å². The number of hydrogen-bond donors (Lipinski definition) is 0. The van der Waals surface area contributed by atoms with Crippen molar-refractivity contribution in [1.82, 2.24) is 4.90 Å². The molecular formula is C15H21NO3. The van der Waals surface area contributed by atoms with E-state index in [4.69, 9.17) is 9.15 Å². The first-order chi connectivity index (χ1) is 8.92. The minimum Gasteiger partial charge on any atom is -0.469 e. The van der Waals surface area contributed by atoms with Gasteiger partial charge in [0.2, 0.25) is 0 Å². The topological polar surface area (TPSA) is 42.7 Å². The number of aryl methyl sites for hydroxylation is 1. The Morgan fingerprint density at radius 2 is 2.32 bits per heavy atom. The highest BCUT2D eigenvalue weighted by Crippen LogP contribution is 2.11. The fourth-order valence-electron chi connectivity index (χ4n) is 1.52. The van der Waals surface area contributed by atoms with Gasteiger partial charge in [-0.1, -0.05) is 6.58 Å². The summed E-state index contributed by atoms with van der Waals surface area (Å²) >= 11 is 0. The van der Waals surface area contributed by atoms with Crippen molar-refractivity contribution in [3.05, 3.63) is 42.7 Å². The zero-order chi connectivity index (χ0) is 14.3. The molecule has 1 aromatic heterocycles. The minimum atomic E-state index is -0.509. The van der Waals surface area contributed by atoms with E-state index >= 15 is 0 Å². The summed E-state index contributed by atoms with van der Waals surface area (Å²) in [4.78, 5) is 13.4. The van der Waals surface area contributed by atoms with Crippen molar-refractivity contribution in [2.75, 3.05) is 6.54 Å². The predicted molar refractivity (Wildman–Crippen MR) is 73.7 cm³/mol. The van der Waals surface area contributed by atoms with Crippen molar-refractivity contribution >= 4 is 6.09 Å². The molecule has 4 nitrogen and oxygen atoms in total. The zero-order valence-corrected chi connectivity index (χ0v) is 11.8. The Hall–Kier alpha value is -1.93. The van der Waals surface area contributed by atoms with Gasteiger partial charge < -0.3 is 9.15 Å². The molecule has 0 aliphatic carbocycles. The summed E-state index contributed by atoms with van der Waals surface area (Å²) in [5.41, 5.74) is 2.10. The molecule has 0 fully saturated rings. The lowest BCUT2D eigenvalue weighted by molar-refractivity contribution is 0.0333. The molecule has 0 radical (unpaired) electrons. The van der Waals surface area contributed by atoms with Crippen molar-refractivity contribution in [2.24, 2.45) is 0 Å². The summed E-state index contributed by atoms with van der Waals surface area (Å²) in [5, 5.41) is 0. The van der Waals surface area contributed by atoms with Gasteiger partial charge in [0.05, 0.1) is 12.5 Å². The number of nitrogens with zero attached hydrogens (tertiary/aromatic N) is 1. The second-order valence-corrected chi connectivity index (χ2v) is 5.19. The molecule has 4 heteroatoms. The number of hydrogen-bond acceptors (Lipinski definition) is 3. The van der Waals surface area contributed by atoms with Gasteiger partial charge in [-0.2, -0.15) is 0 Å². The second-order valence-electron chi connectivity index (χ2n) is 5.19. The van der Waals surface area contributed by atoms with Crippen LogP contribution in [-0.2, 0) is 11.2 Å². The van der Waals surface area contributed by atoms with E-state index in [0.29, 0.717) is 6.54 Å². The largest absolute Gasteiger partial charge is 0.469 e. The van der Waals surface area contributed by atoms with Crippen LogP contribution in [0, 0.1) is 0 Å². The quantitative estimate of drug-likeness (QED) is 0.760. The van der Waals surface area contributed by atoms with Gasteiger partial charge in [0.1, 0.15) is 11.4 Å². The van der Waals surface area contributed by atoms with E-state index in [1.165, 1.54) is 11.1 Å². The molecule has 1 aromatic rings. The average molecular weight is 263 g/mol. The second kappa shape index (κ2) is 6.86. The summed E-state index contributed by atoms with van der Waals surface area (Å²) < 4.78 is 10.5. The number of amides is 1. The van der Waals surface area contributed by atoms with Crippen LogP contribution in [0.1, 0.15) is 33.0 Å². The van der Waals surface area contributed by atoms with Crippen molar-refractivity contribution < 1.29 is 13.9 Å². The maximum atomic E-state index is 11.9. The maximum Gasteiger partial charge on any atom is 0.414 e. The normalized spacial score (nSPS) is 10.7. The number of furan rings is 1. The molecule has 0 N–H and O–H groups in total. The average Bonchev–Trinajstić information content (AvgIpc) is 2.78. The van der Waals surface area contributed by atoms with E-state index in [9.17, 15) is 4.79 Å². The lowest BCUT2D eigenvalue weighted by Crippen LogP contribution is -2.34. The standard InChI is InChI=1S/C15H21NO3/c1-5-10-16(14(17)19-15(2,3)4)11-6-8-13-9-7-12-18-13/h7,9-10,12H,1,6,8,11H2,2-4H3. The van der Waals surface area contributed by atoms with Crippen molar-refractivity contribution in [1.29, 1.82) is 0 Å². The molecule has 104 valence electrons. The molecule has 0 aromatic carbocycles. The Morgan fingerprint density at radius 1 is 1.58 bits per heavy atom. The molecule has 0 saturated heterocycles. The summed E-state index contributed by atoms with van der Waals surface area (Å²) in [6.07, 6.45) is 4.33. The predicted octanol–water partition coefficient (Wildman–Crippen LogP) is 3.75. The van der Waals surface area contributed by atoms with E-state index in [-0.39, 0.29) is 6.09 Å². The van der Waals surface area contributed by atoms with Crippen molar-refractivity contribution in [2.45, 2.75) is 39.2 Å². The molecule has 0 atom stereocenters. The third kappa shape index (κ3) is 5.98. The number of ether oxygens (including phenoxy) is 1. The fraction of sp³-hybridized carbons (Fsp3) is 0.467. The molecule has 0 aliphatic heterocycles. The highest BCUT2D eigenvalue weighted by atomic mass is 16.6. The Balaban J connectivity index is 2.48. The van der Waals surface area contributed by atoms with Crippen LogP contribution in [0.3, 0.4) is 0 Å². The van der Waals surface area contributed by atoms with Crippen LogP contribution in [0.25, 0.3) is 0 Å². The summed E-state index contributed by atoms with van der Waals surface area (Å²) in [7, 11) is 0. The summed E-state index contributed by atoms with van der Waals surface area (Å²) in [6, 6.07) is 3.77. The smallest absolute Gasteiger partial charge is 0.414 e. The van der Waals surface area contributed by atoms with Crippen LogP contribution in [-0.4, -0.2) is 23.1 Å². The zero-order valence-electron chi connectivity index (χ0n) is 11.8.